The van der Waals surface area contributed by atoms with E-state index in [2.05, 4.69) is 31.2 Å². The number of aromatic nitrogens is 4. The number of amides is 1. The van der Waals surface area contributed by atoms with Crippen LogP contribution in [0.4, 0.5) is 0 Å². The molecule has 1 aliphatic heterocycles. The van der Waals surface area contributed by atoms with E-state index < -0.39 is 0 Å². The molecule has 3 aromatic rings. The summed E-state index contributed by atoms with van der Waals surface area (Å²) in [5.74, 6) is 0.653. The van der Waals surface area contributed by atoms with Gasteiger partial charge in [-0.3, -0.25) is 14.9 Å². The Balaban J connectivity index is 1.86. The molecule has 7 nitrogen and oxygen atoms in total. The fourth-order valence-corrected chi connectivity index (χ4v) is 3.22. The Bertz CT molecular complexity index is 1060. The van der Waals surface area contributed by atoms with Crippen LogP contribution in [-0.2, 0) is 0 Å². The van der Waals surface area contributed by atoms with Crippen molar-refractivity contribution in [1.29, 1.82) is 0 Å². The summed E-state index contributed by atoms with van der Waals surface area (Å²) in [6, 6.07) is 5.63. The third kappa shape index (κ3) is 2.52. The van der Waals surface area contributed by atoms with Crippen LogP contribution in [0.1, 0.15) is 30.6 Å². The Kier molecular flexibility index (Phi) is 3.83. The topological polar surface area (TPSA) is 90.0 Å². The lowest BCUT2D eigenvalue weighted by atomic mass is 10.1. The Labute approximate surface area is 144 Å². The van der Waals surface area contributed by atoms with Gasteiger partial charge >= 0.3 is 0 Å². The Morgan fingerprint density at radius 2 is 2.12 bits per heavy atom. The van der Waals surface area contributed by atoms with Crippen LogP contribution in [0.5, 0.6) is 0 Å². The third-order valence-electron chi connectivity index (χ3n) is 4.55. The lowest BCUT2D eigenvalue weighted by Crippen LogP contribution is -2.30. The van der Waals surface area contributed by atoms with Gasteiger partial charge in [-0.25, -0.2) is 4.98 Å². The number of fused-ring (bicyclic) bond motifs is 2. The van der Waals surface area contributed by atoms with Crippen molar-refractivity contribution in [1.82, 2.24) is 25.1 Å². The highest BCUT2D eigenvalue weighted by Crippen LogP contribution is 2.21. The van der Waals surface area contributed by atoms with Crippen LogP contribution in [0.15, 0.2) is 23.2 Å². The largest absolute Gasteiger partial charge is 0.339 e. The number of hydrogen-bond donors (Lipinski definition) is 2. The molecule has 0 aliphatic carbocycles. The number of rotatable bonds is 4. The van der Waals surface area contributed by atoms with Crippen molar-refractivity contribution in [2.45, 2.75) is 20.3 Å². The normalized spacial score (nSPS) is 13.2. The summed E-state index contributed by atoms with van der Waals surface area (Å²) in [6.07, 6.45) is 3.02. The molecule has 0 bridgehead atoms. The monoisotopic (exact) mass is 336 g/mol. The number of carbonyl (C=O) groups is 1. The highest BCUT2D eigenvalue weighted by atomic mass is 16.2. The summed E-state index contributed by atoms with van der Waals surface area (Å²) in [7, 11) is 0. The Hall–Kier alpha value is -2.96. The molecule has 25 heavy (non-hydrogen) atoms. The number of hydrogen-bond acceptors (Lipinski definition) is 4. The second-order valence-corrected chi connectivity index (χ2v) is 5.97. The number of nitrogens with zero attached hydrogens (tertiary/aromatic N) is 4. The molecule has 2 aromatic heterocycles. The number of benzene rings is 1. The second-order valence-electron chi connectivity index (χ2n) is 5.97. The Morgan fingerprint density at radius 3 is 2.92 bits per heavy atom. The van der Waals surface area contributed by atoms with Gasteiger partial charge in [-0.1, -0.05) is 12.1 Å². The molecular formula is C18H20N6O. The van der Waals surface area contributed by atoms with Crippen molar-refractivity contribution >= 4 is 23.0 Å². The smallest absolute Gasteiger partial charge is 0.256 e. The molecular weight excluding hydrogens is 316 g/mol. The summed E-state index contributed by atoms with van der Waals surface area (Å²) in [5.41, 5.74) is 3.66. The van der Waals surface area contributed by atoms with Gasteiger partial charge in [0.1, 0.15) is 11.2 Å². The molecule has 0 radical (unpaired) electrons. The number of carbonyl (C=O) groups excluding carboxylic acids is 1. The third-order valence-corrected chi connectivity index (χ3v) is 4.55. The highest BCUT2D eigenvalue weighted by molar-refractivity contribution is 6.05. The van der Waals surface area contributed by atoms with Crippen LogP contribution in [0, 0.1) is 0 Å². The zero-order valence-corrected chi connectivity index (χ0v) is 14.3. The fourth-order valence-electron chi connectivity index (χ4n) is 3.22. The van der Waals surface area contributed by atoms with E-state index >= 15 is 0 Å². The van der Waals surface area contributed by atoms with Gasteiger partial charge in [-0.05, 0) is 32.4 Å². The average molecular weight is 336 g/mol. The fraction of sp³-hybridized carbons (Fsp3) is 0.333. The molecule has 1 aliphatic rings. The number of nitrogens with one attached hydrogen (secondary N) is 2. The van der Waals surface area contributed by atoms with E-state index in [1.54, 1.807) is 4.90 Å². The van der Waals surface area contributed by atoms with Crippen LogP contribution in [-0.4, -0.2) is 50.6 Å². The maximum Gasteiger partial charge on any atom is 0.256 e. The first-order valence-electron chi connectivity index (χ1n) is 8.60. The van der Waals surface area contributed by atoms with Crippen molar-refractivity contribution in [3.05, 3.63) is 34.5 Å². The van der Waals surface area contributed by atoms with Crippen molar-refractivity contribution in [3.8, 4) is 11.5 Å². The van der Waals surface area contributed by atoms with Gasteiger partial charge in [0.15, 0.2) is 11.3 Å². The summed E-state index contributed by atoms with van der Waals surface area (Å²) in [4.78, 5) is 27.0. The van der Waals surface area contributed by atoms with Gasteiger partial charge in [-0.2, -0.15) is 5.10 Å². The van der Waals surface area contributed by atoms with Gasteiger partial charge in [0.05, 0.1) is 11.1 Å². The number of imidazole rings is 1. The van der Waals surface area contributed by atoms with Crippen LogP contribution in [0.3, 0.4) is 0 Å². The quantitative estimate of drug-likeness (QED) is 0.751. The molecule has 0 saturated carbocycles. The van der Waals surface area contributed by atoms with Gasteiger partial charge in [0.2, 0.25) is 0 Å². The first kappa shape index (κ1) is 15.6. The van der Waals surface area contributed by atoms with Crippen LogP contribution < -0.4 is 10.7 Å². The molecule has 7 heteroatoms. The second kappa shape index (κ2) is 6.16. The summed E-state index contributed by atoms with van der Waals surface area (Å²) in [5, 5.41) is 8.30. The summed E-state index contributed by atoms with van der Waals surface area (Å²) in [6.45, 7) is 6.08. The van der Waals surface area contributed by atoms with Crippen LogP contribution in [0.2, 0.25) is 0 Å². The van der Waals surface area contributed by atoms with Crippen LogP contribution in [0.25, 0.3) is 28.6 Å². The average Bonchev–Trinajstić information content (AvgIpc) is 3.25. The number of H-pyrrole nitrogens is 2. The first-order chi connectivity index (χ1) is 12.2. The molecule has 3 heterocycles. The zero-order chi connectivity index (χ0) is 17.4. The van der Waals surface area contributed by atoms with Gasteiger partial charge < -0.3 is 9.88 Å². The highest BCUT2D eigenvalue weighted by Gasteiger charge is 2.19. The molecule has 2 N–H and O–H groups in total. The zero-order valence-electron chi connectivity index (χ0n) is 14.3. The van der Waals surface area contributed by atoms with E-state index in [1.165, 1.54) is 0 Å². The minimum Gasteiger partial charge on any atom is -0.339 e. The number of para-hydroxylation sites is 1. The Morgan fingerprint density at radius 1 is 1.28 bits per heavy atom. The molecule has 0 fully saturated rings. The van der Waals surface area contributed by atoms with E-state index in [0.29, 0.717) is 30.0 Å². The van der Waals surface area contributed by atoms with E-state index in [0.717, 1.165) is 34.9 Å². The first-order valence-corrected chi connectivity index (χ1v) is 8.60. The van der Waals surface area contributed by atoms with Gasteiger partial charge in [-0.15, -0.1) is 0 Å². The van der Waals surface area contributed by atoms with Crippen LogP contribution >= 0.6 is 0 Å². The number of aromatic amines is 2. The van der Waals surface area contributed by atoms with Gasteiger partial charge in [0.25, 0.3) is 5.91 Å². The molecule has 1 amide bonds. The predicted octanol–water partition coefficient (Wildman–Crippen LogP) is 1.24. The maximum absolute atomic E-state index is 12.8. The summed E-state index contributed by atoms with van der Waals surface area (Å²) >= 11 is 0. The maximum atomic E-state index is 12.8. The van der Waals surface area contributed by atoms with E-state index in [-0.39, 0.29) is 5.91 Å². The standard InChI is InChI=1S/C18H20N6O/c1-3-24(4-2)18(25)12-7-5-9-13-14(12)21-17(20-13)15-11-8-6-10-19-16(11)23-22-15/h5,7-9H,3-4,6,10H2,1-2H3,(H,19,23)(H,20,21). The molecule has 0 spiro atoms. The molecule has 0 atom stereocenters. The van der Waals surface area contributed by atoms with E-state index in [9.17, 15) is 4.79 Å². The summed E-state index contributed by atoms with van der Waals surface area (Å²) < 4.78 is 0. The molecule has 128 valence electrons. The molecule has 0 unspecified atom stereocenters. The van der Waals surface area contributed by atoms with Gasteiger partial charge in [0, 0.05) is 24.9 Å². The molecule has 4 rings (SSSR count). The van der Waals surface area contributed by atoms with Crippen molar-refractivity contribution in [2.24, 2.45) is 4.99 Å². The predicted molar refractivity (Wildman–Crippen MR) is 95.7 cm³/mol. The van der Waals surface area contributed by atoms with Crippen molar-refractivity contribution in [2.75, 3.05) is 19.6 Å². The molecule has 0 saturated heterocycles. The van der Waals surface area contributed by atoms with E-state index in [4.69, 9.17) is 0 Å². The van der Waals surface area contributed by atoms with E-state index in [1.807, 2.05) is 32.0 Å². The molecule has 1 aromatic carbocycles. The van der Waals surface area contributed by atoms with Crippen molar-refractivity contribution in [3.63, 3.8) is 0 Å². The SMILES string of the molecule is CCN(CC)C(=O)c1cccc2[nH]c(-c3n[nH]c4c3=CCCN=4)nc12. The minimum atomic E-state index is -0.000677. The minimum absolute atomic E-state index is 0.000677. The lowest BCUT2D eigenvalue weighted by molar-refractivity contribution is 0.0775. The lowest BCUT2D eigenvalue weighted by Gasteiger charge is -2.18. The van der Waals surface area contributed by atoms with Crippen molar-refractivity contribution < 1.29 is 4.79 Å².